The van der Waals surface area contributed by atoms with Gasteiger partial charge in [0.1, 0.15) is 5.60 Å². The first kappa shape index (κ1) is 13.9. The zero-order valence-electron chi connectivity index (χ0n) is 12.6. The van der Waals surface area contributed by atoms with E-state index in [0.29, 0.717) is 19.5 Å². The molecule has 0 bridgehead atoms. The van der Waals surface area contributed by atoms with E-state index in [1.54, 1.807) is 4.90 Å². The Hall–Kier alpha value is -2.04. The number of hydrogen-bond donors (Lipinski definition) is 1. The summed E-state index contributed by atoms with van der Waals surface area (Å²) in [6.45, 7) is 6.44. The quantitative estimate of drug-likeness (QED) is 0.798. The predicted octanol–water partition coefficient (Wildman–Crippen LogP) is 2.52. The van der Waals surface area contributed by atoms with Crippen LogP contribution in [0, 0.1) is 0 Å². The van der Waals surface area contributed by atoms with Crippen LogP contribution in [0.25, 0.3) is 0 Å². The monoisotopic (exact) mass is 288 g/mol. The van der Waals surface area contributed by atoms with Crippen LogP contribution in [0.3, 0.4) is 0 Å². The Morgan fingerprint density at radius 3 is 2.76 bits per heavy atom. The van der Waals surface area contributed by atoms with E-state index in [2.05, 4.69) is 5.32 Å². The number of ether oxygens (including phenoxy) is 1. The van der Waals surface area contributed by atoms with Crippen LogP contribution >= 0.6 is 0 Å². The first-order valence-electron chi connectivity index (χ1n) is 7.21. The molecule has 2 aliphatic rings. The van der Waals surface area contributed by atoms with Crippen molar-refractivity contribution < 1.29 is 14.3 Å². The number of carbonyl (C=O) groups excluding carboxylic acids is 2. The summed E-state index contributed by atoms with van der Waals surface area (Å²) in [5, 5.41) is 2.92. The lowest BCUT2D eigenvalue weighted by Gasteiger charge is -2.26. The van der Waals surface area contributed by atoms with Gasteiger partial charge in [0, 0.05) is 18.8 Å². The summed E-state index contributed by atoms with van der Waals surface area (Å²) >= 11 is 0. The normalized spacial score (nSPS) is 24.1. The molecule has 1 spiro atoms. The lowest BCUT2D eigenvalue weighted by molar-refractivity contribution is -0.120. The summed E-state index contributed by atoms with van der Waals surface area (Å²) in [6, 6.07) is 7.69. The number of anilines is 1. The van der Waals surface area contributed by atoms with Crippen LogP contribution in [-0.4, -0.2) is 35.6 Å². The van der Waals surface area contributed by atoms with Gasteiger partial charge in [-0.3, -0.25) is 4.79 Å². The first-order valence-corrected chi connectivity index (χ1v) is 7.21. The van der Waals surface area contributed by atoms with E-state index in [1.807, 2.05) is 45.0 Å². The Morgan fingerprint density at radius 1 is 1.33 bits per heavy atom. The highest BCUT2D eigenvalue weighted by molar-refractivity contribution is 6.07. The van der Waals surface area contributed by atoms with Crippen LogP contribution in [0.2, 0.25) is 0 Å². The van der Waals surface area contributed by atoms with E-state index < -0.39 is 11.0 Å². The minimum Gasteiger partial charge on any atom is -0.444 e. The SMILES string of the molecule is CC(C)(C)OC(=O)N1CCC2(C1)C(=O)Nc1ccccc12. The van der Waals surface area contributed by atoms with Crippen molar-refractivity contribution in [3.63, 3.8) is 0 Å². The Labute approximate surface area is 124 Å². The zero-order valence-corrected chi connectivity index (χ0v) is 12.6. The largest absolute Gasteiger partial charge is 0.444 e. The van der Waals surface area contributed by atoms with Gasteiger partial charge in [0.15, 0.2) is 0 Å². The summed E-state index contributed by atoms with van der Waals surface area (Å²) in [4.78, 5) is 26.2. The number of hydrogen-bond acceptors (Lipinski definition) is 3. The molecule has 1 N–H and O–H groups in total. The van der Waals surface area contributed by atoms with Crippen molar-refractivity contribution in [1.29, 1.82) is 0 Å². The summed E-state index contributed by atoms with van der Waals surface area (Å²) in [5.41, 5.74) is 0.700. The summed E-state index contributed by atoms with van der Waals surface area (Å²) in [5.74, 6) is -0.0187. The van der Waals surface area contributed by atoms with Crippen LogP contribution in [0.4, 0.5) is 10.5 Å². The molecule has 3 rings (SSSR count). The Morgan fingerprint density at radius 2 is 2.05 bits per heavy atom. The summed E-state index contributed by atoms with van der Waals surface area (Å²) in [6.07, 6.45) is 0.284. The molecule has 21 heavy (non-hydrogen) atoms. The van der Waals surface area contributed by atoms with E-state index >= 15 is 0 Å². The molecule has 1 aromatic carbocycles. The van der Waals surface area contributed by atoms with Gasteiger partial charge < -0.3 is 15.0 Å². The van der Waals surface area contributed by atoms with Crippen molar-refractivity contribution in [2.24, 2.45) is 0 Å². The van der Waals surface area contributed by atoms with Gasteiger partial charge in [0.05, 0.1) is 5.41 Å². The molecule has 0 saturated carbocycles. The second kappa shape index (κ2) is 4.48. The highest BCUT2D eigenvalue weighted by Gasteiger charge is 2.52. The number of rotatable bonds is 0. The van der Waals surface area contributed by atoms with Crippen LogP contribution in [-0.2, 0) is 14.9 Å². The first-order chi connectivity index (χ1) is 9.82. The van der Waals surface area contributed by atoms with Gasteiger partial charge in [-0.25, -0.2) is 4.79 Å². The number of amides is 2. The molecule has 2 amide bonds. The molecule has 5 nitrogen and oxygen atoms in total. The molecule has 2 aliphatic heterocycles. The number of benzene rings is 1. The Kier molecular flexibility index (Phi) is 2.97. The molecule has 0 radical (unpaired) electrons. The number of para-hydroxylation sites is 1. The van der Waals surface area contributed by atoms with Crippen molar-refractivity contribution in [1.82, 2.24) is 4.90 Å². The van der Waals surface area contributed by atoms with Gasteiger partial charge >= 0.3 is 6.09 Å². The van der Waals surface area contributed by atoms with Gasteiger partial charge in [0.2, 0.25) is 5.91 Å². The van der Waals surface area contributed by atoms with E-state index in [9.17, 15) is 9.59 Å². The van der Waals surface area contributed by atoms with Crippen LogP contribution in [0.1, 0.15) is 32.8 Å². The van der Waals surface area contributed by atoms with Gasteiger partial charge in [-0.1, -0.05) is 18.2 Å². The smallest absolute Gasteiger partial charge is 0.410 e. The van der Waals surface area contributed by atoms with Crippen molar-refractivity contribution in [3.05, 3.63) is 29.8 Å². The second-order valence-electron chi connectivity index (χ2n) is 6.73. The van der Waals surface area contributed by atoms with E-state index in [-0.39, 0.29) is 12.0 Å². The van der Waals surface area contributed by atoms with E-state index in [1.165, 1.54) is 0 Å². The summed E-state index contributed by atoms with van der Waals surface area (Å²) in [7, 11) is 0. The molecule has 1 unspecified atom stereocenters. The van der Waals surface area contributed by atoms with Gasteiger partial charge in [-0.15, -0.1) is 0 Å². The van der Waals surface area contributed by atoms with Crippen molar-refractivity contribution in [3.8, 4) is 0 Å². The lowest BCUT2D eigenvalue weighted by Crippen LogP contribution is -2.41. The number of carbonyl (C=O) groups is 2. The maximum absolute atomic E-state index is 12.4. The topological polar surface area (TPSA) is 58.6 Å². The molecule has 0 aromatic heterocycles. The molecule has 5 heteroatoms. The van der Waals surface area contributed by atoms with Crippen LogP contribution in [0.15, 0.2) is 24.3 Å². The van der Waals surface area contributed by atoms with Crippen LogP contribution in [0.5, 0.6) is 0 Å². The molecule has 2 heterocycles. The highest BCUT2D eigenvalue weighted by atomic mass is 16.6. The standard InChI is InChI=1S/C16H20N2O3/c1-15(2,3)21-14(20)18-9-8-16(10-18)11-6-4-5-7-12(11)17-13(16)19/h4-7H,8-10H2,1-3H3,(H,17,19). The average molecular weight is 288 g/mol. The van der Waals surface area contributed by atoms with E-state index in [4.69, 9.17) is 4.74 Å². The fourth-order valence-electron chi connectivity index (χ4n) is 3.07. The molecule has 1 fully saturated rings. The number of nitrogens with one attached hydrogen (secondary N) is 1. The van der Waals surface area contributed by atoms with Gasteiger partial charge in [0.25, 0.3) is 0 Å². The Balaban J connectivity index is 1.84. The highest BCUT2D eigenvalue weighted by Crippen LogP contribution is 2.44. The van der Waals surface area contributed by atoms with Crippen molar-refractivity contribution in [2.75, 3.05) is 18.4 Å². The van der Waals surface area contributed by atoms with Crippen molar-refractivity contribution >= 4 is 17.7 Å². The minimum absolute atomic E-state index is 0.0187. The molecule has 0 aliphatic carbocycles. The fourth-order valence-corrected chi connectivity index (χ4v) is 3.07. The maximum Gasteiger partial charge on any atom is 0.410 e. The van der Waals surface area contributed by atoms with Crippen LogP contribution < -0.4 is 5.32 Å². The van der Waals surface area contributed by atoms with Gasteiger partial charge in [-0.05, 0) is 38.8 Å². The second-order valence-corrected chi connectivity index (χ2v) is 6.73. The van der Waals surface area contributed by atoms with Gasteiger partial charge in [-0.2, -0.15) is 0 Å². The third-order valence-corrected chi connectivity index (χ3v) is 4.05. The number of fused-ring (bicyclic) bond motifs is 2. The number of nitrogens with zero attached hydrogens (tertiary/aromatic N) is 1. The maximum atomic E-state index is 12.4. The van der Waals surface area contributed by atoms with Crippen molar-refractivity contribution in [2.45, 2.75) is 38.2 Å². The average Bonchev–Trinajstić information content (AvgIpc) is 2.93. The zero-order chi connectivity index (χ0) is 15.3. The lowest BCUT2D eigenvalue weighted by atomic mass is 9.81. The predicted molar refractivity (Wildman–Crippen MR) is 79.2 cm³/mol. The molecule has 1 saturated heterocycles. The van der Waals surface area contributed by atoms with E-state index in [0.717, 1.165) is 11.3 Å². The summed E-state index contributed by atoms with van der Waals surface area (Å²) < 4.78 is 5.40. The number of likely N-dealkylation sites (tertiary alicyclic amines) is 1. The minimum atomic E-state index is -0.618. The fraction of sp³-hybridized carbons (Fsp3) is 0.500. The molecular weight excluding hydrogens is 268 g/mol. The molecule has 112 valence electrons. The third-order valence-electron chi connectivity index (χ3n) is 4.05. The molecule has 1 aromatic rings. The molecular formula is C16H20N2O3. The molecule has 1 atom stereocenters. The Bertz CT molecular complexity index is 606. The third kappa shape index (κ3) is 2.26.